The summed E-state index contributed by atoms with van der Waals surface area (Å²) in [6, 6.07) is -0.818. The zero-order valence-corrected chi connectivity index (χ0v) is 49.1. The number of Topliss-reactive ketones (excluding diaryl/α,β-unsaturated/α-hetero) is 3. The summed E-state index contributed by atoms with van der Waals surface area (Å²) in [5.74, 6) is -11.4. The number of aromatic amines is 1. The number of aromatic hydroxyl groups is 1. The van der Waals surface area contributed by atoms with Crippen molar-refractivity contribution >= 4 is 52.9 Å². The topological polar surface area (TPSA) is 338 Å². The third kappa shape index (κ3) is 13.7. The summed E-state index contributed by atoms with van der Waals surface area (Å²) in [5.41, 5.74) is 6.17. The second kappa shape index (κ2) is 26.1. The number of thioether (sulfide) groups is 1. The number of methoxy groups -OCH3 is 1. The summed E-state index contributed by atoms with van der Waals surface area (Å²) < 4.78 is 54.9. The fourth-order valence-electron chi connectivity index (χ4n) is 10.9. The van der Waals surface area contributed by atoms with E-state index in [-0.39, 0.29) is 89.4 Å². The first-order valence-corrected chi connectivity index (χ1v) is 28.1. The first-order valence-electron chi connectivity index (χ1n) is 27.1. The van der Waals surface area contributed by atoms with E-state index in [9.17, 15) is 48.3 Å². The molecule has 6 aliphatic rings. The molecule has 5 aliphatic heterocycles. The molecule has 0 radical (unpaired) electrons. The molecule has 448 valence electrons. The fraction of sp³-hybridized carbons (Fsp3) is 0.561. The van der Waals surface area contributed by atoms with Crippen LogP contribution in [-0.4, -0.2) is 130 Å². The van der Waals surface area contributed by atoms with Gasteiger partial charge in [-0.2, -0.15) is 0 Å². The van der Waals surface area contributed by atoms with Gasteiger partial charge in [0, 0.05) is 97.5 Å². The third-order valence-electron chi connectivity index (χ3n) is 15.3. The van der Waals surface area contributed by atoms with Crippen LogP contribution in [0.4, 0.5) is 0 Å². The van der Waals surface area contributed by atoms with Crippen molar-refractivity contribution in [2.75, 3.05) is 26.1 Å². The number of azide groups is 1. The van der Waals surface area contributed by atoms with E-state index < -0.39 is 141 Å². The summed E-state index contributed by atoms with van der Waals surface area (Å²) in [4.78, 5) is 126. The molecule has 7 bridgehead atoms. The Morgan fingerprint density at radius 1 is 0.916 bits per heavy atom. The van der Waals surface area contributed by atoms with E-state index in [0.717, 1.165) is 16.3 Å². The van der Waals surface area contributed by atoms with Gasteiger partial charge in [0.05, 0.1) is 52.2 Å². The van der Waals surface area contributed by atoms with Gasteiger partial charge in [-0.25, -0.2) is 4.79 Å². The number of hydrogen-bond donors (Lipinski definition) is 3. The molecular formula is C57H70N6O19S. The van der Waals surface area contributed by atoms with Crippen LogP contribution >= 0.6 is 11.8 Å². The monoisotopic (exact) mass is 1170 g/mol. The van der Waals surface area contributed by atoms with Crippen LogP contribution in [0.1, 0.15) is 136 Å². The number of esters is 3. The van der Waals surface area contributed by atoms with Gasteiger partial charge in [-0.15, -0.1) is 11.8 Å². The van der Waals surface area contributed by atoms with Crippen molar-refractivity contribution in [3.8, 4) is 11.5 Å². The van der Waals surface area contributed by atoms with Crippen LogP contribution in [0, 0.1) is 37.5 Å². The van der Waals surface area contributed by atoms with Crippen LogP contribution in [0.25, 0.3) is 10.4 Å². The maximum Gasteiger partial charge on any atom is 0.330 e. The van der Waals surface area contributed by atoms with Crippen molar-refractivity contribution in [2.24, 2.45) is 28.8 Å². The Kier molecular flexibility index (Phi) is 19.9. The summed E-state index contributed by atoms with van der Waals surface area (Å²) in [6.07, 6.45) is 4.25. The van der Waals surface area contributed by atoms with Crippen molar-refractivity contribution in [3.63, 3.8) is 0 Å². The second-order valence-corrected chi connectivity index (χ2v) is 22.9. The normalized spacial score (nSPS) is 30.2. The van der Waals surface area contributed by atoms with Crippen molar-refractivity contribution in [2.45, 2.75) is 156 Å². The number of ketones is 3. The molecule has 12 atom stereocenters. The van der Waals surface area contributed by atoms with E-state index in [1.165, 1.54) is 66.3 Å². The first-order chi connectivity index (χ1) is 39.1. The number of phenolic OH excluding ortho intramolecular Hbond substituents is 1. The highest BCUT2D eigenvalue weighted by atomic mass is 32.2. The standard InChI is InChI=1S/C57H70N6O19S/c1-26-15-13-16-27(2)53(71)59-43-45(68)41-40(46(69)51(43)83-22-21-75-38(65)17-14-18-39(66)76-25-36-34(61-62-58)23-37(79-36)63-24-28(3)54(72)60-55(63)73)42-50(30(5)44(41)67)82-57(11,52(42)70)77-20-19-35(74-12)29(4)48(78-33(8)64)32(7)49-31(6)47(26)80-56(9,10)81-49/h13,15-16,19-20,24,26,29,31-32,34-37,47-49,67H,14,17-18,21-23,25H2,1-12H3,(H,59,71)(H,60,72,73)/b15-13+,20-19+,27-16-/t26-,29+,31+,32-,34+,35-,36-,37-,47-,48+,49+,57-/m0/s1. The van der Waals surface area contributed by atoms with E-state index in [2.05, 4.69) is 20.3 Å². The lowest BCUT2D eigenvalue weighted by Crippen LogP contribution is -2.56. The van der Waals surface area contributed by atoms with Crippen LogP contribution in [0.5, 0.6) is 11.5 Å². The van der Waals surface area contributed by atoms with E-state index in [0.29, 0.717) is 0 Å². The largest absolute Gasteiger partial charge is 0.507 e. The number of benzene rings is 1. The predicted octanol–water partition coefficient (Wildman–Crippen LogP) is 6.57. The first kappa shape index (κ1) is 63.2. The van der Waals surface area contributed by atoms with Gasteiger partial charge in [-0.05, 0) is 52.6 Å². The van der Waals surface area contributed by atoms with Crippen LogP contribution < -0.4 is 21.3 Å². The van der Waals surface area contributed by atoms with Crippen LogP contribution in [-0.2, 0) is 57.1 Å². The molecule has 2 saturated heterocycles. The number of carbonyl (C=O) groups excluding carboxylic acids is 7. The van der Waals surface area contributed by atoms with Crippen LogP contribution in [0.3, 0.4) is 0 Å². The smallest absolute Gasteiger partial charge is 0.330 e. The minimum Gasteiger partial charge on any atom is -0.507 e. The van der Waals surface area contributed by atoms with E-state index in [1.807, 2.05) is 33.8 Å². The van der Waals surface area contributed by atoms with Gasteiger partial charge in [0.25, 0.3) is 17.2 Å². The maximum atomic E-state index is 14.9. The lowest BCUT2D eigenvalue weighted by atomic mass is 9.77. The van der Waals surface area contributed by atoms with Crippen molar-refractivity contribution in [1.82, 2.24) is 14.9 Å². The second-order valence-electron chi connectivity index (χ2n) is 21.8. The Hall–Kier alpha value is -7.35. The Bertz CT molecular complexity index is 3250. The van der Waals surface area contributed by atoms with Crippen molar-refractivity contribution < 1.29 is 81.3 Å². The average molecular weight is 1180 g/mol. The molecule has 1 amide bonds. The molecule has 0 unspecified atom stereocenters. The molecule has 83 heavy (non-hydrogen) atoms. The average Bonchev–Trinajstić information content (AvgIpc) is 1.84. The van der Waals surface area contributed by atoms with E-state index >= 15 is 0 Å². The number of rotatable bonds is 14. The molecule has 1 aliphatic carbocycles. The molecule has 25 nitrogen and oxygen atoms in total. The van der Waals surface area contributed by atoms with Gasteiger partial charge in [0.15, 0.2) is 5.79 Å². The Balaban J connectivity index is 1.10. The molecule has 6 heterocycles. The highest BCUT2D eigenvalue weighted by Gasteiger charge is 2.53. The fourth-order valence-corrected chi connectivity index (χ4v) is 11.8. The van der Waals surface area contributed by atoms with Crippen LogP contribution in [0.15, 0.2) is 67.6 Å². The predicted molar refractivity (Wildman–Crippen MR) is 296 cm³/mol. The molecule has 0 spiro atoms. The van der Waals surface area contributed by atoms with Gasteiger partial charge in [-0.1, -0.05) is 51.0 Å². The lowest BCUT2D eigenvalue weighted by molar-refractivity contribution is -0.336. The van der Waals surface area contributed by atoms with E-state index in [1.54, 1.807) is 19.9 Å². The number of H-pyrrole nitrogens is 1. The van der Waals surface area contributed by atoms with Crippen LogP contribution in [0.2, 0.25) is 0 Å². The third-order valence-corrected chi connectivity index (χ3v) is 16.3. The Labute approximate surface area is 482 Å². The number of nitrogens with zero attached hydrogens (tertiary/aromatic N) is 4. The highest BCUT2D eigenvalue weighted by Crippen LogP contribution is 2.50. The lowest BCUT2D eigenvalue weighted by Gasteiger charge is -2.50. The summed E-state index contributed by atoms with van der Waals surface area (Å²) >= 11 is 0.742. The molecule has 1 aromatic heterocycles. The maximum absolute atomic E-state index is 14.9. The minimum absolute atomic E-state index is 0.0115. The number of phenols is 1. The van der Waals surface area contributed by atoms with Crippen molar-refractivity contribution in [1.29, 1.82) is 0 Å². The molecular weight excluding hydrogens is 1100 g/mol. The number of allylic oxidation sites excluding steroid dienone is 4. The zero-order chi connectivity index (χ0) is 61.0. The van der Waals surface area contributed by atoms with Gasteiger partial charge >= 0.3 is 29.4 Å². The Morgan fingerprint density at radius 3 is 2.28 bits per heavy atom. The number of carbonyl (C=O) groups is 7. The molecule has 0 saturated carbocycles. The van der Waals surface area contributed by atoms with Gasteiger partial charge in [-0.3, -0.25) is 47.9 Å². The van der Waals surface area contributed by atoms with Gasteiger partial charge < -0.3 is 53.1 Å². The molecule has 26 heteroatoms. The number of amides is 1. The Morgan fingerprint density at radius 2 is 1.60 bits per heavy atom. The summed E-state index contributed by atoms with van der Waals surface area (Å²) in [6.45, 7) is 17.6. The number of nitrogens with one attached hydrogen (secondary N) is 2. The number of hydrogen-bond acceptors (Lipinski definition) is 21. The highest BCUT2D eigenvalue weighted by molar-refractivity contribution is 8.04. The quantitative estimate of drug-likeness (QED) is 0.0449. The van der Waals surface area contributed by atoms with E-state index in [4.69, 9.17) is 48.2 Å². The SMILES string of the molecule is CO[C@H]1/C=C/O[C@@]2(C)Oc3c(C)c(O)c4c(c3C2=O)C(=O)C(SCCOC(=O)CCCC(=O)OC[C@@H]2O[C@H](n3cc(C)c(=O)[nH]c3=O)C[C@H]2N=[N+]=[N-])=C(NC(=O)/C(C)=C\C=C\[C@H](C)[C@@H]2OC(C)(C)O[C@@H]([C@@H](C)[C@H](OC(C)=O)[C@@H]1C)[C@@H]2C)C4=O. The molecule has 2 fully saturated rings. The number of aromatic nitrogens is 2. The number of ether oxygens (including phenoxy) is 9. The number of aryl methyl sites for hydroxylation is 1. The van der Waals surface area contributed by atoms with Gasteiger partial charge in [0.2, 0.25) is 11.6 Å². The minimum atomic E-state index is -2.17. The molecule has 2 aromatic rings. The summed E-state index contributed by atoms with van der Waals surface area (Å²) in [7, 11) is 1.46. The molecule has 3 N–H and O–H groups in total. The van der Waals surface area contributed by atoms with Crippen molar-refractivity contribution in [3.05, 3.63) is 112 Å². The summed E-state index contributed by atoms with van der Waals surface area (Å²) in [5, 5.41) is 18.0. The van der Waals surface area contributed by atoms with Gasteiger partial charge in [0.1, 0.15) is 48.8 Å². The zero-order valence-electron chi connectivity index (χ0n) is 48.3. The molecule has 1 aromatic carbocycles. The number of fused-ring (bicyclic) bond motifs is 10. The molecule has 8 rings (SSSR count).